The van der Waals surface area contributed by atoms with Gasteiger partial charge in [-0.2, -0.15) is 20.7 Å². The van der Waals surface area contributed by atoms with E-state index in [-0.39, 0.29) is 11.6 Å². The fraction of sp³-hybridized carbons (Fsp3) is 0.292. The van der Waals surface area contributed by atoms with Gasteiger partial charge in [0, 0.05) is 22.1 Å². The number of alkyl halides is 1. The van der Waals surface area contributed by atoms with Crippen molar-refractivity contribution in [2.45, 2.75) is 24.2 Å². The molecule has 2 aromatic carbocycles. The lowest BCUT2D eigenvalue weighted by atomic mass is 10.0. The Balaban J connectivity index is 1.86. The first-order valence-electron chi connectivity index (χ1n) is 10.6. The predicted molar refractivity (Wildman–Crippen MR) is 137 cm³/mol. The fourth-order valence-corrected chi connectivity index (χ4v) is 4.06. The molecule has 0 radical (unpaired) electrons. The molecule has 174 valence electrons. The number of nitrogens with zero attached hydrogens (tertiary/aromatic N) is 5. The zero-order chi connectivity index (χ0) is 24.5. The molecule has 0 aliphatic carbocycles. The summed E-state index contributed by atoms with van der Waals surface area (Å²) in [5.41, 5.74) is 6.02. The summed E-state index contributed by atoms with van der Waals surface area (Å²) in [6.07, 6.45) is 1.54. The zero-order valence-corrected chi connectivity index (χ0v) is 21.0. The van der Waals surface area contributed by atoms with E-state index in [2.05, 4.69) is 38.2 Å². The average molecular weight is 570 g/mol. The molecular formula is C24H23IN6O3. The number of ether oxygens (including phenoxy) is 2. The number of benzene rings is 2. The Morgan fingerprint density at radius 3 is 2.71 bits per heavy atom. The lowest BCUT2D eigenvalue weighted by molar-refractivity contribution is 0.0751. The van der Waals surface area contributed by atoms with Crippen LogP contribution in [0.5, 0.6) is 11.5 Å². The molecule has 1 aliphatic rings. The SMILES string of the molecule is CCOc1cc(C2=NN(C(=O)c3ccc(NN=C(C#N)C#N)cc3CI)CCC2)ccc1OC. The standard InChI is InChI=1S/C24H23IN6O3/c1-3-34-23-12-16(6-9-22(23)33-2)21-5-4-10-31(30-21)24(32)20-8-7-18(11-17(20)13-25)28-29-19(14-26)15-27/h6-9,11-12,28H,3-5,10,13H2,1-2H3. The van der Waals surface area contributed by atoms with Gasteiger partial charge in [-0.3, -0.25) is 10.2 Å². The van der Waals surface area contributed by atoms with Crippen LogP contribution in [-0.2, 0) is 4.43 Å². The molecule has 10 heteroatoms. The smallest absolute Gasteiger partial charge is 0.274 e. The number of nitriles is 2. The highest BCUT2D eigenvalue weighted by Gasteiger charge is 2.23. The van der Waals surface area contributed by atoms with Gasteiger partial charge in [0.15, 0.2) is 11.5 Å². The monoisotopic (exact) mass is 570 g/mol. The second-order valence-electron chi connectivity index (χ2n) is 7.18. The third-order valence-corrected chi connectivity index (χ3v) is 5.87. The van der Waals surface area contributed by atoms with Gasteiger partial charge < -0.3 is 9.47 Å². The fourth-order valence-electron chi connectivity index (χ4n) is 3.43. The third-order valence-electron chi connectivity index (χ3n) is 5.04. The Hall–Kier alpha value is -3.64. The van der Waals surface area contributed by atoms with Gasteiger partial charge in [0.1, 0.15) is 12.1 Å². The van der Waals surface area contributed by atoms with Crippen LogP contribution in [-0.4, -0.2) is 42.6 Å². The van der Waals surface area contributed by atoms with Gasteiger partial charge >= 0.3 is 0 Å². The normalized spacial score (nSPS) is 12.6. The van der Waals surface area contributed by atoms with Crippen LogP contribution in [0, 0.1) is 22.7 Å². The first-order valence-corrected chi connectivity index (χ1v) is 12.1. The van der Waals surface area contributed by atoms with Crippen LogP contribution in [0.15, 0.2) is 46.6 Å². The lowest BCUT2D eigenvalue weighted by Gasteiger charge is -2.25. The van der Waals surface area contributed by atoms with Crippen molar-refractivity contribution < 1.29 is 14.3 Å². The maximum Gasteiger partial charge on any atom is 0.274 e. The van der Waals surface area contributed by atoms with Crippen LogP contribution in [0.1, 0.15) is 41.3 Å². The van der Waals surface area contributed by atoms with Crippen LogP contribution in [0.2, 0.25) is 0 Å². The number of methoxy groups -OCH3 is 1. The van der Waals surface area contributed by atoms with Crippen molar-refractivity contribution >= 4 is 45.6 Å². The van der Waals surface area contributed by atoms with E-state index in [1.807, 2.05) is 25.1 Å². The van der Waals surface area contributed by atoms with E-state index in [0.717, 1.165) is 29.7 Å². The largest absolute Gasteiger partial charge is 0.493 e. The highest BCUT2D eigenvalue weighted by Crippen LogP contribution is 2.30. The Labute approximate surface area is 211 Å². The van der Waals surface area contributed by atoms with Crippen molar-refractivity contribution in [3.63, 3.8) is 0 Å². The van der Waals surface area contributed by atoms with Gasteiger partial charge in [0.25, 0.3) is 5.91 Å². The summed E-state index contributed by atoms with van der Waals surface area (Å²) in [4.78, 5) is 13.3. The Morgan fingerprint density at radius 1 is 1.24 bits per heavy atom. The number of carbonyl (C=O) groups excluding carboxylic acids is 1. The number of amides is 1. The zero-order valence-electron chi connectivity index (χ0n) is 18.8. The number of hydrazone groups is 2. The maximum absolute atomic E-state index is 13.3. The molecule has 1 N–H and O–H groups in total. The quantitative estimate of drug-likeness (QED) is 0.216. The number of carbonyl (C=O) groups is 1. The molecule has 9 nitrogen and oxygen atoms in total. The van der Waals surface area contributed by atoms with Crippen LogP contribution in [0.4, 0.5) is 5.69 Å². The van der Waals surface area contributed by atoms with E-state index >= 15 is 0 Å². The molecule has 0 unspecified atom stereocenters. The van der Waals surface area contributed by atoms with Crippen LogP contribution in [0.3, 0.4) is 0 Å². The van der Waals surface area contributed by atoms with E-state index in [1.54, 1.807) is 37.4 Å². The summed E-state index contributed by atoms with van der Waals surface area (Å²) in [6.45, 7) is 2.95. The summed E-state index contributed by atoms with van der Waals surface area (Å²) in [6, 6.07) is 14.2. The van der Waals surface area contributed by atoms with E-state index in [4.69, 9.17) is 20.0 Å². The minimum Gasteiger partial charge on any atom is -0.493 e. The van der Waals surface area contributed by atoms with Gasteiger partial charge in [-0.1, -0.05) is 22.6 Å². The van der Waals surface area contributed by atoms with E-state index in [1.165, 1.54) is 5.01 Å². The van der Waals surface area contributed by atoms with Crippen LogP contribution < -0.4 is 14.9 Å². The highest BCUT2D eigenvalue weighted by atomic mass is 127. The number of nitrogens with one attached hydrogen (secondary N) is 1. The molecule has 3 rings (SSSR count). The number of anilines is 1. The molecule has 0 bridgehead atoms. The van der Waals surface area contributed by atoms with Crippen molar-refractivity contribution in [3.05, 3.63) is 53.1 Å². The van der Waals surface area contributed by atoms with Crippen LogP contribution in [0.25, 0.3) is 0 Å². The molecule has 1 aliphatic heterocycles. The molecule has 0 aromatic heterocycles. The van der Waals surface area contributed by atoms with Crippen molar-refractivity contribution in [2.75, 3.05) is 25.7 Å². The Kier molecular flexibility index (Phi) is 8.82. The second kappa shape index (κ2) is 12.0. The van der Waals surface area contributed by atoms with E-state index in [9.17, 15) is 4.79 Å². The van der Waals surface area contributed by atoms with Crippen LogP contribution >= 0.6 is 22.6 Å². The lowest BCUT2D eigenvalue weighted by Crippen LogP contribution is -2.32. The molecule has 0 saturated carbocycles. The summed E-state index contributed by atoms with van der Waals surface area (Å²) in [5.74, 6) is 1.10. The molecule has 1 amide bonds. The van der Waals surface area contributed by atoms with E-state index in [0.29, 0.717) is 40.3 Å². The number of hydrogen-bond acceptors (Lipinski definition) is 8. The minimum absolute atomic E-state index is 0.188. The second-order valence-corrected chi connectivity index (χ2v) is 7.94. The Morgan fingerprint density at radius 2 is 2.03 bits per heavy atom. The highest BCUT2D eigenvalue weighted by molar-refractivity contribution is 14.1. The summed E-state index contributed by atoms with van der Waals surface area (Å²) < 4.78 is 11.6. The number of rotatable bonds is 8. The molecular weight excluding hydrogens is 547 g/mol. The van der Waals surface area contributed by atoms with Crippen molar-refractivity contribution in [2.24, 2.45) is 10.2 Å². The molecule has 0 spiro atoms. The molecule has 2 aromatic rings. The predicted octanol–water partition coefficient (Wildman–Crippen LogP) is 4.48. The minimum atomic E-state index is -0.280. The van der Waals surface area contributed by atoms with Gasteiger partial charge in [-0.25, -0.2) is 5.01 Å². The first-order chi connectivity index (χ1) is 16.5. The molecule has 0 atom stereocenters. The van der Waals surface area contributed by atoms with Gasteiger partial charge in [0.2, 0.25) is 5.71 Å². The molecule has 1 heterocycles. The maximum atomic E-state index is 13.3. The molecule has 0 fully saturated rings. The first kappa shape index (κ1) is 25.0. The number of halogens is 1. The number of hydrogen-bond donors (Lipinski definition) is 1. The molecule has 0 saturated heterocycles. The van der Waals surface area contributed by atoms with Gasteiger partial charge in [-0.05, 0) is 61.7 Å². The average Bonchev–Trinajstić information content (AvgIpc) is 2.89. The topological polar surface area (TPSA) is 123 Å². The summed E-state index contributed by atoms with van der Waals surface area (Å²) in [7, 11) is 1.60. The van der Waals surface area contributed by atoms with Crippen molar-refractivity contribution in [1.82, 2.24) is 5.01 Å². The Bertz CT molecular complexity index is 1200. The van der Waals surface area contributed by atoms with Gasteiger partial charge in [-0.15, -0.1) is 0 Å². The van der Waals surface area contributed by atoms with Gasteiger partial charge in [0.05, 0.1) is 25.1 Å². The van der Waals surface area contributed by atoms with E-state index < -0.39 is 0 Å². The third kappa shape index (κ3) is 5.83. The van der Waals surface area contributed by atoms with Crippen molar-refractivity contribution in [3.8, 4) is 23.6 Å². The molecule has 34 heavy (non-hydrogen) atoms. The van der Waals surface area contributed by atoms with Crippen molar-refractivity contribution in [1.29, 1.82) is 10.5 Å². The summed E-state index contributed by atoms with van der Waals surface area (Å²) >= 11 is 2.19. The summed E-state index contributed by atoms with van der Waals surface area (Å²) in [5, 5.41) is 27.5.